The zero-order valence-corrected chi connectivity index (χ0v) is 30.5. The van der Waals surface area contributed by atoms with Gasteiger partial charge >= 0.3 is 0 Å². The number of benzene rings is 9. The average molecular weight is 714 g/mol. The number of hydrogen-bond acceptors (Lipinski definition) is 1. The van der Waals surface area contributed by atoms with Crippen molar-refractivity contribution in [1.29, 1.82) is 0 Å². The van der Waals surface area contributed by atoms with Crippen molar-refractivity contribution in [2.24, 2.45) is 0 Å². The van der Waals surface area contributed by atoms with Crippen molar-refractivity contribution in [3.05, 3.63) is 211 Å². The van der Waals surface area contributed by atoms with E-state index in [4.69, 9.17) is 0 Å². The first kappa shape index (κ1) is 31.0. The maximum absolute atomic E-state index is 3.97. The summed E-state index contributed by atoms with van der Waals surface area (Å²) in [7, 11) is 0. The molecule has 2 aromatic heterocycles. The maximum Gasteiger partial charge on any atom is 0.0779 e. The molecule has 0 amide bonds. The van der Waals surface area contributed by atoms with Crippen molar-refractivity contribution in [3.8, 4) is 11.4 Å². The highest BCUT2D eigenvalue weighted by Gasteiger charge is 2.27. The van der Waals surface area contributed by atoms with Gasteiger partial charge in [-0.2, -0.15) is 0 Å². The number of rotatable bonds is 4. The summed E-state index contributed by atoms with van der Waals surface area (Å²) in [6.07, 6.45) is 2.37. The molecular formula is C53H35N3. The van der Waals surface area contributed by atoms with E-state index in [1.54, 1.807) is 0 Å². The van der Waals surface area contributed by atoms with E-state index >= 15 is 0 Å². The lowest BCUT2D eigenvalue weighted by Gasteiger charge is -2.30. The molecule has 0 saturated carbocycles. The zero-order chi connectivity index (χ0) is 36.7. The maximum atomic E-state index is 3.97. The summed E-state index contributed by atoms with van der Waals surface area (Å²) in [6, 6.07) is 71.0. The van der Waals surface area contributed by atoms with E-state index in [0.29, 0.717) is 0 Å². The normalized spacial score (nSPS) is 14.1. The molecule has 1 N–H and O–H groups in total. The van der Waals surface area contributed by atoms with Crippen LogP contribution in [-0.2, 0) is 0 Å². The predicted molar refractivity (Wildman–Crippen MR) is 237 cm³/mol. The molecule has 11 aromatic rings. The van der Waals surface area contributed by atoms with Crippen molar-refractivity contribution >= 4 is 82.5 Å². The number of anilines is 1. The second kappa shape index (κ2) is 12.1. The van der Waals surface area contributed by atoms with Gasteiger partial charge in [0, 0.05) is 43.7 Å². The van der Waals surface area contributed by atoms with Crippen molar-refractivity contribution in [3.63, 3.8) is 0 Å². The fourth-order valence-corrected chi connectivity index (χ4v) is 9.46. The van der Waals surface area contributed by atoms with Gasteiger partial charge in [-0.25, -0.2) is 0 Å². The molecule has 3 heteroatoms. The molecule has 0 bridgehead atoms. The smallest absolute Gasteiger partial charge is 0.0779 e. The molecule has 56 heavy (non-hydrogen) atoms. The third-order valence-corrected chi connectivity index (χ3v) is 11.9. The van der Waals surface area contributed by atoms with Crippen LogP contribution in [0.5, 0.6) is 0 Å². The highest BCUT2D eigenvalue weighted by atomic mass is 15.0. The zero-order valence-electron chi connectivity index (χ0n) is 30.5. The van der Waals surface area contributed by atoms with Gasteiger partial charge in [-0.15, -0.1) is 0 Å². The van der Waals surface area contributed by atoms with E-state index in [1.165, 1.54) is 93.1 Å². The Kier molecular flexibility index (Phi) is 6.69. The van der Waals surface area contributed by atoms with E-state index < -0.39 is 0 Å². The Balaban J connectivity index is 1.18. The third kappa shape index (κ3) is 4.52. The number of nitrogens with one attached hydrogen (secondary N) is 1. The summed E-state index contributed by atoms with van der Waals surface area (Å²) in [5.41, 5.74) is 13.3. The Hall–Kier alpha value is -7.36. The lowest BCUT2D eigenvalue weighted by molar-refractivity contribution is 1.01. The fraction of sp³-hybridized carbons (Fsp3) is 0.0189. The average Bonchev–Trinajstić information content (AvgIpc) is 3.77. The van der Waals surface area contributed by atoms with Gasteiger partial charge in [0.05, 0.1) is 33.8 Å². The van der Waals surface area contributed by atoms with Crippen LogP contribution >= 0.6 is 0 Å². The fourth-order valence-electron chi connectivity index (χ4n) is 9.46. The van der Waals surface area contributed by atoms with Crippen LogP contribution in [0.15, 0.2) is 194 Å². The van der Waals surface area contributed by atoms with Crippen molar-refractivity contribution in [1.82, 2.24) is 9.13 Å². The molecular weight excluding hydrogens is 679 g/mol. The van der Waals surface area contributed by atoms with E-state index in [1.807, 2.05) is 0 Å². The largest absolute Gasteiger partial charge is 0.374 e. The predicted octanol–water partition coefficient (Wildman–Crippen LogP) is 13.9. The van der Waals surface area contributed by atoms with Crippen LogP contribution in [0.3, 0.4) is 0 Å². The summed E-state index contributed by atoms with van der Waals surface area (Å²) in [6.45, 7) is 0. The molecule has 0 aliphatic carbocycles. The Morgan fingerprint density at radius 3 is 1.93 bits per heavy atom. The highest BCUT2D eigenvalue weighted by molar-refractivity contribution is 6.24. The second-order valence-corrected chi connectivity index (χ2v) is 14.9. The monoisotopic (exact) mass is 713 g/mol. The van der Waals surface area contributed by atoms with Gasteiger partial charge < -0.3 is 14.5 Å². The van der Waals surface area contributed by atoms with Gasteiger partial charge in [-0.3, -0.25) is 0 Å². The van der Waals surface area contributed by atoms with Crippen LogP contribution in [0.1, 0.15) is 22.7 Å². The first-order valence-corrected chi connectivity index (χ1v) is 19.4. The summed E-state index contributed by atoms with van der Waals surface area (Å²) in [5.74, 6) is 0. The summed E-state index contributed by atoms with van der Waals surface area (Å²) in [5, 5.41) is 13.9. The molecule has 1 aliphatic rings. The van der Waals surface area contributed by atoms with Crippen LogP contribution in [-0.4, -0.2) is 9.13 Å². The second-order valence-electron chi connectivity index (χ2n) is 14.9. The first-order valence-electron chi connectivity index (χ1n) is 19.4. The quantitative estimate of drug-likeness (QED) is 0.193. The molecule has 262 valence electrons. The molecule has 0 saturated heterocycles. The molecule has 12 rings (SSSR count). The van der Waals surface area contributed by atoms with Gasteiger partial charge in [0.25, 0.3) is 0 Å². The standard InChI is InChI=1S/C53H35N3/c1-3-15-34(16-4-1)44-31-36-18-8-13-25-47(36)54-52(44)42-29-30-49(40-23-11-10-22-39(40)42)56-51-33-50-45(32-46(51)43-28-27-35-17-7-9-21-38(35)53(43)56)41-24-12-14-26-48(41)55(50)37-19-5-2-6-20-37/h1-33,52,54H. The third-order valence-electron chi connectivity index (χ3n) is 11.9. The summed E-state index contributed by atoms with van der Waals surface area (Å²) >= 11 is 0. The minimum atomic E-state index is -0.0357. The number of para-hydroxylation sites is 3. The van der Waals surface area contributed by atoms with Gasteiger partial charge in [0.2, 0.25) is 0 Å². The highest BCUT2D eigenvalue weighted by Crippen LogP contribution is 2.46. The minimum absolute atomic E-state index is 0.0357. The van der Waals surface area contributed by atoms with Crippen LogP contribution in [0, 0.1) is 0 Å². The van der Waals surface area contributed by atoms with Crippen LogP contribution in [0.2, 0.25) is 0 Å². The summed E-state index contributed by atoms with van der Waals surface area (Å²) < 4.78 is 4.97. The lowest BCUT2D eigenvalue weighted by Crippen LogP contribution is -2.17. The SMILES string of the molecule is C1=C(c2ccccc2)C(c2ccc(-n3c4cc5c(cc4c4ccc6ccccc6c43)c3ccccc3n5-c3ccccc3)c3ccccc23)Nc2ccccc21. The van der Waals surface area contributed by atoms with Crippen molar-refractivity contribution in [2.75, 3.05) is 5.32 Å². The molecule has 9 aromatic carbocycles. The van der Waals surface area contributed by atoms with Crippen molar-refractivity contribution in [2.45, 2.75) is 6.04 Å². The topological polar surface area (TPSA) is 21.9 Å². The first-order chi connectivity index (χ1) is 27.8. The van der Waals surface area contributed by atoms with Crippen LogP contribution < -0.4 is 5.32 Å². The molecule has 1 atom stereocenters. The molecule has 3 heterocycles. The molecule has 1 unspecified atom stereocenters. The lowest BCUT2D eigenvalue weighted by atomic mass is 9.85. The number of hydrogen-bond donors (Lipinski definition) is 1. The number of aromatic nitrogens is 2. The van der Waals surface area contributed by atoms with Crippen molar-refractivity contribution < 1.29 is 0 Å². The van der Waals surface area contributed by atoms with Gasteiger partial charge in [0.1, 0.15) is 0 Å². The minimum Gasteiger partial charge on any atom is -0.374 e. The van der Waals surface area contributed by atoms with E-state index in [-0.39, 0.29) is 6.04 Å². The van der Waals surface area contributed by atoms with Gasteiger partial charge in [-0.05, 0) is 81.6 Å². The Bertz CT molecular complexity index is 3380. The molecule has 0 fully saturated rings. The number of fused-ring (bicyclic) bond motifs is 10. The van der Waals surface area contributed by atoms with Gasteiger partial charge in [-0.1, -0.05) is 152 Å². The van der Waals surface area contributed by atoms with E-state index in [2.05, 4.69) is 215 Å². The van der Waals surface area contributed by atoms with Gasteiger partial charge in [0.15, 0.2) is 0 Å². The Labute approximate surface area is 324 Å². The number of nitrogens with zero attached hydrogens (tertiary/aromatic N) is 2. The van der Waals surface area contributed by atoms with Crippen LogP contribution in [0.4, 0.5) is 5.69 Å². The van der Waals surface area contributed by atoms with Crippen LogP contribution in [0.25, 0.3) is 88.2 Å². The summed E-state index contributed by atoms with van der Waals surface area (Å²) in [4.78, 5) is 0. The molecule has 3 nitrogen and oxygen atoms in total. The molecule has 0 spiro atoms. The Morgan fingerprint density at radius 2 is 1.07 bits per heavy atom. The van der Waals surface area contributed by atoms with E-state index in [9.17, 15) is 0 Å². The molecule has 1 aliphatic heterocycles. The van der Waals surface area contributed by atoms with E-state index in [0.717, 1.165) is 11.4 Å². The Morgan fingerprint density at radius 1 is 0.411 bits per heavy atom. The molecule has 0 radical (unpaired) electrons.